The van der Waals surface area contributed by atoms with Gasteiger partial charge in [0.25, 0.3) is 5.91 Å². The summed E-state index contributed by atoms with van der Waals surface area (Å²) in [4.78, 5) is 27.7. The van der Waals surface area contributed by atoms with Gasteiger partial charge in [-0.2, -0.15) is 0 Å². The standard InChI is InChI=1S/C15H16N2O3S/c1-9-14(16-10(2)21-9)15(20)17-12-6-3-11(4-7-12)5-8-13(18)19/h3-4,6-7H,5,8H2,1-2H3,(H,17,20)(H,18,19). The molecule has 0 saturated heterocycles. The molecule has 0 unspecified atom stereocenters. The molecule has 1 aromatic carbocycles. The fourth-order valence-electron chi connectivity index (χ4n) is 1.94. The van der Waals surface area contributed by atoms with Crippen molar-refractivity contribution in [2.75, 3.05) is 5.32 Å². The number of carbonyl (C=O) groups excluding carboxylic acids is 1. The fraction of sp³-hybridized carbons (Fsp3) is 0.267. The number of nitrogens with one attached hydrogen (secondary N) is 1. The van der Waals surface area contributed by atoms with Gasteiger partial charge < -0.3 is 10.4 Å². The number of aryl methyl sites for hydroxylation is 3. The van der Waals surface area contributed by atoms with Crippen LogP contribution < -0.4 is 5.32 Å². The Balaban J connectivity index is 2.01. The third-order valence-corrected chi connectivity index (χ3v) is 3.84. The Morgan fingerprint density at radius 1 is 1.24 bits per heavy atom. The molecule has 1 amide bonds. The minimum absolute atomic E-state index is 0.100. The number of carboxylic acids is 1. The first-order chi connectivity index (χ1) is 9.95. The largest absolute Gasteiger partial charge is 0.481 e. The van der Waals surface area contributed by atoms with Crippen molar-refractivity contribution in [1.82, 2.24) is 4.98 Å². The summed E-state index contributed by atoms with van der Waals surface area (Å²) in [7, 11) is 0. The Kier molecular flexibility index (Phi) is 4.70. The van der Waals surface area contributed by atoms with Crippen molar-refractivity contribution in [2.45, 2.75) is 26.7 Å². The minimum Gasteiger partial charge on any atom is -0.481 e. The maximum Gasteiger partial charge on any atom is 0.303 e. The van der Waals surface area contributed by atoms with E-state index in [0.717, 1.165) is 15.4 Å². The zero-order valence-electron chi connectivity index (χ0n) is 11.8. The number of amides is 1. The van der Waals surface area contributed by atoms with Crippen LogP contribution in [-0.2, 0) is 11.2 Å². The van der Waals surface area contributed by atoms with E-state index in [9.17, 15) is 9.59 Å². The topological polar surface area (TPSA) is 79.3 Å². The Bertz CT molecular complexity index is 662. The summed E-state index contributed by atoms with van der Waals surface area (Å²) in [6.07, 6.45) is 0.580. The first-order valence-corrected chi connectivity index (χ1v) is 7.33. The highest BCUT2D eigenvalue weighted by Gasteiger charge is 2.13. The Hall–Kier alpha value is -2.21. The van der Waals surface area contributed by atoms with Crippen molar-refractivity contribution in [1.29, 1.82) is 0 Å². The first-order valence-electron chi connectivity index (χ1n) is 6.52. The highest BCUT2D eigenvalue weighted by atomic mass is 32.1. The maximum atomic E-state index is 12.1. The molecular formula is C15H16N2O3S. The van der Waals surface area contributed by atoms with E-state index in [1.165, 1.54) is 11.3 Å². The lowest BCUT2D eigenvalue weighted by atomic mass is 10.1. The average molecular weight is 304 g/mol. The molecule has 0 bridgehead atoms. The van der Waals surface area contributed by atoms with Crippen molar-refractivity contribution in [2.24, 2.45) is 0 Å². The number of benzene rings is 1. The summed E-state index contributed by atoms with van der Waals surface area (Å²) in [6, 6.07) is 7.17. The molecule has 0 radical (unpaired) electrons. The summed E-state index contributed by atoms with van der Waals surface area (Å²) in [5.74, 6) is -1.04. The van der Waals surface area contributed by atoms with Gasteiger partial charge >= 0.3 is 5.97 Å². The monoisotopic (exact) mass is 304 g/mol. The van der Waals surface area contributed by atoms with Crippen LogP contribution in [0.3, 0.4) is 0 Å². The van der Waals surface area contributed by atoms with Gasteiger partial charge in [0, 0.05) is 17.0 Å². The summed E-state index contributed by atoms with van der Waals surface area (Å²) < 4.78 is 0. The predicted octanol–water partition coefficient (Wildman–Crippen LogP) is 3.03. The second-order valence-electron chi connectivity index (χ2n) is 4.68. The molecule has 110 valence electrons. The minimum atomic E-state index is -0.818. The van der Waals surface area contributed by atoms with Gasteiger partial charge in [-0.05, 0) is 38.0 Å². The molecule has 21 heavy (non-hydrogen) atoms. The number of rotatable bonds is 5. The van der Waals surface area contributed by atoms with Crippen molar-refractivity contribution in [3.05, 3.63) is 45.4 Å². The number of hydrogen-bond donors (Lipinski definition) is 2. The fourth-order valence-corrected chi connectivity index (χ4v) is 2.75. The van der Waals surface area contributed by atoms with Crippen LogP contribution in [0, 0.1) is 13.8 Å². The van der Waals surface area contributed by atoms with Crippen molar-refractivity contribution >= 4 is 28.9 Å². The van der Waals surface area contributed by atoms with Crippen LogP contribution in [0.25, 0.3) is 0 Å². The number of thiazole rings is 1. The highest BCUT2D eigenvalue weighted by molar-refractivity contribution is 7.11. The highest BCUT2D eigenvalue weighted by Crippen LogP contribution is 2.18. The normalized spacial score (nSPS) is 10.4. The van der Waals surface area contributed by atoms with E-state index in [2.05, 4.69) is 10.3 Å². The molecule has 0 saturated carbocycles. The van der Waals surface area contributed by atoms with E-state index in [1.54, 1.807) is 12.1 Å². The van der Waals surface area contributed by atoms with E-state index in [1.807, 2.05) is 26.0 Å². The number of anilines is 1. The molecule has 6 heteroatoms. The van der Waals surface area contributed by atoms with Gasteiger partial charge in [-0.3, -0.25) is 9.59 Å². The van der Waals surface area contributed by atoms with Crippen LogP contribution in [0.2, 0.25) is 0 Å². The van der Waals surface area contributed by atoms with Crippen LogP contribution in [0.1, 0.15) is 32.4 Å². The Labute approximate surface area is 126 Å². The van der Waals surface area contributed by atoms with Crippen LogP contribution in [-0.4, -0.2) is 22.0 Å². The molecule has 2 rings (SSSR count). The van der Waals surface area contributed by atoms with Crippen LogP contribution in [0.5, 0.6) is 0 Å². The van der Waals surface area contributed by atoms with Gasteiger partial charge in [-0.1, -0.05) is 12.1 Å². The second-order valence-corrected chi connectivity index (χ2v) is 6.09. The average Bonchev–Trinajstić information content (AvgIpc) is 2.77. The summed E-state index contributed by atoms with van der Waals surface area (Å²) in [5.41, 5.74) is 2.05. The van der Waals surface area contributed by atoms with Gasteiger partial charge in [0.2, 0.25) is 0 Å². The van der Waals surface area contributed by atoms with Crippen LogP contribution in [0.4, 0.5) is 5.69 Å². The lowest BCUT2D eigenvalue weighted by Crippen LogP contribution is -2.13. The van der Waals surface area contributed by atoms with E-state index < -0.39 is 5.97 Å². The quantitative estimate of drug-likeness (QED) is 0.890. The summed E-state index contributed by atoms with van der Waals surface area (Å²) >= 11 is 1.49. The molecule has 1 heterocycles. The smallest absolute Gasteiger partial charge is 0.303 e. The third kappa shape index (κ3) is 4.13. The summed E-state index contributed by atoms with van der Waals surface area (Å²) in [6.45, 7) is 3.74. The maximum absolute atomic E-state index is 12.1. The lowest BCUT2D eigenvalue weighted by Gasteiger charge is -2.05. The first kappa shape index (κ1) is 15.2. The number of carbonyl (C=O) groups is 2. The molecule has 0 aliphatic rings. The number of nitrogens with zero attached hydrogens (tertiary/aromatic N) is 1. The van der Waals surface area contributed by atoms with E-state index in [4.69, 9.17) is 5.11 Å². The number of hydrogen-bond acceptors (Lipinski definition) is 4. The third-order valence-electron chi connectivity index (χ3n) is 2.96. The number of aliphatic carboxylic acids is 1. The van der Waals surface area contributed by atoms with E-state index in [0.29, 0.717) is 17.8 Å². The molecule has 0 atom stereocenters. The molecule has 1 aromatic heterocycles. The molecular weight excluding hydrogens is 288 g/mol. The second kappa shape index (κ2) is 6.49. The van der Waals surface area contributed by atoms with Gasteiger partial charge in [-0.25, -0.2) is 4.98 Å². The molecule has 2 aromatic rings. The van der Waals surface area contributed by atoms with Crippen molar-refractivity contribution in [3.8, 4) is 0 Å². The lowest BCUT2D eigenvalue weighted by molar-refractivity contribution is -0.136. The number of carboxylic acid groups (broad SMARTS) is 1. The molecule has 0 fully saturated rings. The van der Waals surface area contributed by atoms with E-state index >= 15 is 0 Å². The summed E-state index contributed by atoms with van der Waals surface area (Å²) in [5, 5.41) is 12.3. The molecule has 5 nitrogen and oxygen atoms in total. The molecule has 0 spiro atoms. The predicted molar refractivity (Wildman–Crippen MR) is 81.9 cm³/mol. The zero-order chi connectivity index (χ0) is 15.4. The molecule has 0 aliphatic carbocycles. The van der Waals surface area contributed by atoms with Gasteiger partial charge in [0.1, 0.15) is 5.69 Å². The number of aromatic nitrogens is 1. The van der Waals surface area contributed by atoms with Gasteiger partial charge in [0.05, 0.1) is 5.01 Å². The Morgan fingerprint density at radius 2 is 1.90 bits per heavy atom. The molecule has 2 N–H and O–H groups in total. The van der Waals surface area contributed by atoms with Crippen LogP contribution >= 0.6 is 11.3 Å². The van der Waals surface area contributed by atoms with Crippen molar-refractivity contribution < 1.29 is 14.7 Å². The van der Waals surface area contributed by atoms with E-state index in [-0.39, 0.29) is 12.3 Å². The molecule has 0 aliphatic heterocycles. The van der Waals surface area contributed by atoms with Gasteiger partial charge in [-0.15, -0.1) is 11.3 Å². The Morgan fingerprint density at radius 3 is 2.43 bits per heavy atom. The SMILES string of the molecule is Cc1nc(C(=O)Nc2ccc(CCC(=O)O)cc2)c(C)s1. The van der Waals surface area contributed by atoms with Crippen molar-refractivity contribution in [3.63, 3.8) is 0 Å². The van der Waals surface area contributed by atoms with Gasteiger partial charge in [0.15, 0.2) is 0 Å². The van der Waals surface area contributed by atoms with Crippen LogP contribution in [0.15, 0.2) is 24.3 Å². The zero-order valence-corrected chi connectivity index (χ0v) is 12.7.